The molecule has 0 saturated heterocycles. The van der Waals surface area contributed by atoms with Gasteiger partial charge in [-0.05, 0) is 56.0 Å². The van der Waals surface area contributed by atoms with E-state index in [1.165, 1.54) is 19.2 Å². The minimum atomic E-state index is -0.472. The van der Waals surface area contributed by atoms with Gasteiger partial charge >= 0.3 is 5.97 Å². The molecule has 5 nitrogen and oxygen atoms in total. The smallest absolute Gasteiger partial charge is 0.336 e. The van der Waals surface area contributed by atoms with Crippen molar-refractivity contribution in [1.82, 2.24) is 5.32 Å². The molecule has 0 unspecified atom stereocenters. The molecule has 0 spiro atoms. The van der Waals surface area contributed by atoms with Crippen LogP contribution in [0.3, 0.4) is 0 Å². The summed E-state index contributed by atoms with van der Waals surface area (Å²) in [6.07, 6.45) is 1.17. The van der Waals surface area contributed by atoms with Crippen molar-refractivity contribution in [3.63, 3.8) is 0 Å². The molecule has 1 aromatic heterocycles. The van der Waals surface area contributed by atoms with E-state index >= 15 is 0 Å². The number of hydrogen-bond donors (Lipinski definition) is 1. The third kappa shape index (κ3) is 4.60. The van der Waals surface area contributed by atoms with E-state index in [4.69, 9.17) is 9.47 Å². The van der Waals surface area contributed by atoms with Crippen LogP contribution in [0.4, 0.5) is 4.39 Å². The normalized spacial score (nSPS) is 19.8. The first-order chi connectivity index (χ1) is 15.6. The third-order valence-corrected chi connectivity index (χ3v) is 7.33. The van der Waals surface area contributed by atoms with E-state index in [1.807, 2.05) is 19.9 Å². The summed E-state index contributed by atoms with van der Waals surface area (Å²) in [5.74, 6) is -0.594. The number of allylic oxidation sites excluding steroid dienone is 3. The van der Waals surface area contributed by atoms with Gasteiger partial charge in [-0.3, -0.25) is 4.79 Å². The second kappa shape index (κ2) is 8.78. The topological polar surface area (TPSA) is 64.6 Å². The number of aryl methyl sites for hydroxylation is 1. The summed E-state index contributed by atoms with van der Waals surface area (Å²) in [4.78, 5) is 28.0. The third-order valence-electron chi connectivity index (χ3n) is 6.18. The maximum Gasteiger partial charge on any atom is 0.336 e. The fourth-order valence-corrected chi connectivity index (χ4v) is 5.78. The largest absolute Gasteiger partial charge is 0.489 e. The molecular formula is C26H28FNO4S. The molecule has 0 fully saturated rings. The van der Waals surface area contributed by atoms with Gasteiger partial charge in [0.1, 0.15) is 18.2 Å². The number of carbonyl (C=O) groups excluding carboxylic acids is 2. The van der Waals surface area contributed by atoms with Crippen LogP contribution in [0, 0.1) is 18.2 Å². The quantitative estimate of drug-likeness (QED) is 0.582. The number of nitrogens with one attached hydrogen (secondary N) is 1. The maximum atomic E-state index is 13.3. The van der Waals surface area contributed by atoms with Crippen molar-refractivity contribution in [3.8, 4) is 5.75 Å². The molecule has 1 aliphatic heterocycles. The standard InChI is InChI=1S/C26H28FNO4S/c1-14-22(25(30)31-5)24(23-19(28-14)11-26(3,4)12-20(23)29)21-10-16(15(2)33-21)13-32-18-8-6-17(27)7-9-18/h6-10,24,28H,11-13H2,1-5H3/t24-/m0/s1. The van der Waals surface area contributed by atoms with Crippen molar-refractivity contribution in [1.29, 1.82) is 0 Å². The Morgan fingerprint density at radius 3 is 2.58 bits per heavy atom. The van der Waals surface area contributed by atoms with Crippen molar-refractivity contribution in [3.05, 3.63) is 74.0 Å². The van der Waals surface area contributed by atoms with Crippen molar-refractivity contribution in [2.75, 3.05) is 7.11 Å². The number of Topliss-reactive ketones (excluding diaryl/α,β-unsaturated/α-hetero) is 1. The van der Waals surface area contributed by atoms with Gasteiger partial charge in [0.15, 0.2) is 5.78 Å². The lowest BCUT2D eigenvalue weighted by Gasteiger charge is -2.39. The van der Waals surface area contributed by atoms with Crippen LogP contribution in [-0.4, -0.2) is 18.9 Å². The van der Waals surface area contributed by atoms with Crippen LogP contribution in [0.15, 0.2) is 52.9 Å². The first-order valence-corrected chi connectivity index (χ1v) is 11.7. The number of benzene rings is 1. The summed E-state index contributed by atoms with van der Waals surface area (Å²) in [5, 5.41) is 3.33. The number of rotatable bonds is 5. The fourth-order valence-electron chi connectivity index (χ4n) is 4.62. The van der Waals surface area contributed by atoms with Crippen LogP contribution < -0.4 is 10.1 Å². The Kier molecular flexibility index (Phi) is 6.18. The molecule has 2 heterocycles. The van der Waals surface area contributed by atoms with Crippen LogP contribution in [0.1, 0.15) is 54.8 Å². The van der Waals surface area contributed by atoms with Crippen LogP contribution in [0.5, 0.6) is 5.75 Å². The van der Waals surface area contributed by atoms with Gasteiger partial charge in [0, 0.05) is 38.7 Å². The molecule has 7 heteroatoms. The highest BCUT2D eigenvalue weighted by molar-refractivity contribution is 7.12. The van der Waals surface area contributed by atoms with E-state index in [0.29, 0.717) is 35.6 Å². The number of thiophene rings is 1. The fraction of sp³-hybridized carbons (Fsp3) is 0.385. The molecular weight excluding hydrogens is 441 g/mol. The van der Waals surface area contributed by atoms with Crippen LogP contribution in [0.2, 0.25) is 0 Å². The van der Waals surface area contributed by atoms with E-state index in [9.17, 15) is 14.0 Å². The molecule has 0 saturated carbocycles. The average Bonchev–Trinajstić information content (AvgIpc) is 3.11. The van der Waals surface area contributed by atoms with E-state index in [1.54, 1.807) is 23.5 Å². The molecule has 1 aromatic carbocycles. The lowest BCUT2D eigenvalue weighted by molar-refractivity contribution is -0.136. The molecule has 0 radical (unpaired) electrons. The number of halogens is 1. The van der Waals surface area contributed by atoms with Gasteiger partial charge < -0.3 is 14.8 Å². The van der Waals surface area contributed by atoms with E-state index in [0.717, 1.165) is 27.4 Å². The van der Waals surface area contributed by atoms with Gasteiger partial charge in [0.05, 0.1) is 18.6 Å². The van der Waals surface area contributed by atoms with Crippen molar-refractivity contribution in [2.45, 2.75) is 53.1 Å². The summed E-state index contributed by atoms with van der Waals surface area (Å²) in [6, 6.07) is 7.90. The van der Waals surface area contributed by atoms with E-state index in [-0.39, 0.29) is 17.0 Å². The zero-order chi connectivity index (χ0) is 23.9. The van der Waals surface area contributed by atoms with Crippen LogP contribution in [-0.2, 0) is 20.9 Å². The van der Waals surface area contributed by atoms with Crippen molar-refractivity contribution >= 4 is 23.1 Å². The Morgan fingerprint density at radius 2 is 1.91 bits per heavy atom. The lowest BCUT2D eigenvalue weighted by atomic mass is 9.70. The SMILES string of the molecule is COC(=O)C1=C(C)NC2=C(C(=O)CC(C)(C)C2)[C@H]1c1cc(COc2ccc(F)cc2)c(C)s1. The predicted molar refractivity (Wildman–Crippen MR) is 125 cm³/mol. The minimum absolute atomic E-state index is 0.0582. The molecule has 33 heavy (non-hydrogen) atoms. The summed E-state index contributed by atoms with van der Waals surface area (Å²) < 4.78 is 24.1. The van der Waals surface area contributed by atoms with Gasteiger partial charge in [-0.1, -0.05) is 13.8 Å². The second-order valence-electron chi connectivity index (χ2n) is 9.39. The molecule has 2 aromatic rings. The Labute approximate surface area is 197 Å². The Hall–Kier alpha value is -2.93. The maximum absolute atomic E-state index is 13.3. The van der Waals surface area contributed by atoms with Gasteiger partial charge in [0.2, 0.25) is 0 Å². The highest BCUT2D eigenvalue weighted by atomic mass is 32.1. The molecule has 4 rings (SSSR count). The number of dihydropyridines is 1. The van der Waals surface area contributed by atoms with Gasteiger partial charge in [-0.2, -0.15) is 0 Å². The summed E-state index contributed by atoms with van der Waals surface area (Å²) >= 11 is 1.55. The van der Waals surface area contributed by atoms with E-state index in [2.05, 4.69) is 19.2 Å². The summed E-state index contributed by atoms with van der Waals surface area (Å²) in [5.41, 5.74) is 3.55. The molecule has 1 atom stereocenters. The monoisotopic (exact) mass is 469 g/mol. The lowest BCUT2D eigenvalue weighted by Crippen LogP contribution is -2.38. The molecule has 2 aliphatic rings. The van der Waals surface area contributed by atoms with Crippen LogP contribution >= 0.6 is 11.3 Å². The average molecular weight is 470 g/mol. The van der Waals surface area contributed by atoms with Crippen molar-refractivity contribution in [2.24, 2.45) is 5.41 Å². The molecule has 174 valence electrons. The second-order valence-corrected chi connectivity index (χ2v) is 10.7. The Bertz CT molecular complexity index is 1170. The number of ether oxygens (including phenoxy) is 2. The van der Waals surface area contributed by atoms with Crippen molar-refractivity contribution < 1.29 is 23.5 Å². The molecule has 0 amide bonds. The minimum Gasteiger partial charge on any atom is -0.489 e. The number of ketones is 1. The van der Waals surface area contributed by atoms with Crippen LogP contribution in [0.25, 0.3) is 0 Å². The molecule has 1 aliphatic carbocycles. The number of esters is 1. The zero-order valence-electron chi connectivity index (χ0n) is 19.5. The van der Waals surface area contributed by atoms with Gasteiger partial charge in [0.25, 0.3) is 0 Å². The number of hydrogen-bond acceptors (Lipinski definition) is 6. The summed E-state index contributed by atoms with van der Waals surface area (Å²) in [7, 11) is 1.36. The summed E-state index contributed by atoms with van der Waals surface area (Å²) in [6.45, 7) is 8.32. The Balaban J connectivity index is 1.72. The first kappa shape index (κ1) is 23.2. The van der Waals surface area contributed by atoms with E-state index < -0.39 is 11.9 Å². The number of carbonyl (C=O) groups is 2. The number of methoxy groups -OCH3 is 1. The van der Waals surface area contributed by atoms with Gasteiger partial charge in [-0.25, -0.2) is 9.18 Å². The van der Waals surface area contributed by atoms with Gasteiger partial charge in [-0.15, -0.1) is 11.3 Å². The first-order valence-electron chi connectivity index (χ1n) is 10.9. The molecule has 1 N–H and O–H groups in total. The Morgan fingerprint density at radius 1 is 1.21 bits per heavy atom. The zero-order valence-corrected chi connectivity index (χ0v) is 20.3. The molecule has 0 bridgehead atoms. The predicted octanol–water partition coefficient (Wildman–Crippen LogP) is 5.55. The highest BCUT2D eigenvalue weighted by Gasteiger charge is 2.43. The highest BCUT2D eigenvalue weighted by Crippen LogP contribution is 2.48.